The molecule has 4 heterocycles. The van der Waals surface area contributed by atoms with Crippen molar-refractivity contribution in [3.8, 4) is 28.6 Å². The number of aromatic amines is 2. The van der Waals surface area contributed by atoms with Crippen molar-refractivity contribution >= 4 is 21.8 Å². The number of fused-ring (bicyclic) bond motifs is 2. The molecule has 0 aliphatic rings. The highest BCUT2D eigenvalue weighted by Crippen LogP contribution is 2.23. The van der Waals surface area contributed by atoms with Gasteiger partial charge in [-0.2, -0.15) is 10.3 Å². The number of aryl methyl sites for hydroxylation is 1. The van der Waals surface area contributed by atoms with Crippen LogP contribution in [0.3, 0.4) is 0 Å². The second-order valence-corrected chi connectivity index (χ2v) is 14.2. The Morgan fingerprint density at radius 3 is 1.80 bits per heavy atom. The van der Waals surface area contributed by atoms with Crippen molar-refractivity contribution < 1.29 is 14.2 Å². The molecule has 4 aromatic heterocycles. The number of nitrogens with one attached hydrogen (secondary N) is 2. The Hall–Kier alpha value is -7.47. The van der Waals surface area contributed by atoms with E-state index >= 15 is 0 Å². The molecule has 0 radical (unpaired) electrons. The lowest BCUT2D eigenvalue weighted by molar-refractivity contribution is 0.295. The van der Waals surface area contributed by atoms with Gasteiger partial charge in [-0.05, 0) is 96.6 Å². The first-order chi connectivity index (χ1) is 29.1. The summed E-state index contributed by atoms with van der Waals surface area (Å²) in [6, 6.07) is 48.3. The number of rotatable bonds is 15. The Balaban J connectivity index is 0.000000165. The maximum atomic E-state index is 5.92. The summed E-state index contributed by atoms with van der Waals surface area (Å²) in [6.07, 6.45) is 4.39. The number of hydrogen-bond donors (Lipinski definition) is 2. The molecule has 0 aliphatic heterocycles. The average molecular weight is 782 g/mol. The van der Waals surface area contributed by atoms with Gasteiger partial charge in [-0.3, -0.25) is 5.10 Å². The first kappa shape index (κ1) is 38.4. The van der Waals surface area contributed by atoms with Crippen LogP contribution < -0.4 is 14.2 Å². The smallest absolute Gasteiger partial charge is 0.174 e. The van der Waals surface area contributed by atoms with Gasteiger partial charge < -0.3 is 14.2 Å². The summed E-state index contributed by atoms with van der Waals surface area (Å²) in [5.41, 5.74) is 7.12. The van der Waals surface area contributed by atoms with Crippen molar-refractivity contribution in [3.05, 3.63) is 180 Å². The van der Waals surface area contributed by atoms with E-state index in [1.807, 2.05) is 109 Å². The van der Waals surface area contributed by atoms with E-state index in [-0.39, 0.29) is 0 Å². The number of aromatic nitrogens is 9. The number of hydrogen-bond acceptors (Lipinski definition) is 10. The number of nitrogens with zero attached hydrogens (tertiary/aromatic N) is 7. The fraction of sp³-hybridized carbons (Fsp3) is 0.170. The summed E-state index contributed by atoms with van der Waals surface area (Å²) in [4.78, 5) is 13.5. The molecule has 12 heteroatoms. The van der Waals surface area contributed by atoms with Gasteiger partial charge in [0.05, 0.1) is 22.4 Å². The van der Waals surface area contributed by atoms with Crippen LogP contribution in [0.5, 0.6) is 17.2 Å². The summed E-state index contributed by atoms with van der Waals surface area (Å²) in [5.74, 6) is 4.48. The SMILES string of the molecule is CC(CCc1nn[nH]n1)Cc1ccc(OCc2ccc3ccccc3n2)cc1.c1cc(COc2ccc(OCc3ccc4ccccc4n3)cc2)cc(-c2ncn[nH]2)c1. The lowest BCUT2D eigenvalue weighted by atomic mass is 9.96. The van der Waals surface area contributed by atoms with Crippen LogP contribution in [0.25, 0.3) is 33.2 Å². The molecule has 9 aromatic rings. The summed E-state index contributed by atoms with van der Waals surface area (Å²) in [6.45, 7) is 3.59. The van der Waals surface area contributed by atoms with Gasteiger partial charge in [0.25, 0.3) is 0 Å². The minimum absolute atomic E-state index is 0.416. The van der Waals surface area contributed by atoms with E-state index in [2.05, 4.69) is 89.1 Å². The standard InChI is InChI=1S/C25H20N4O2.C22H23N5O/c1-2-7-24-19(5-1)8-9-21(28-24)16-31-23-12-10-22(11-13-23)30-15-18-4-3-6-20(14-18)25-26-17-27-29-25;1-16(6-13-22-24-26-27-25-22)14-17-7-11-20(12-8-17)28-15-19-10-9-18-4-2-3-5-21(18)23-19/h1-14,17H,15-16H2,(H,26,27,29);2-5,7-12,16H,6,13-15H2,1H3,(H,24,25,26,27). The minimum Gasteiger partial charge on any atom is -0.489 e. The molecule has 59 heavy (non-hydrogen) atoms. The molecule has 5 aromatic carbocycles. The molecule has 0 saturated carbocycles. The second-order valence-electron chi connectivity index (χ2n) is 14.2. The van der Waals surface area contributed by atoms with Gasteiger partial charge in [-0.1, -0.05) is 91.0 Å². The van der Waals surface area contributed by atoms with Gasteiger partial charge in [0.2, 0.25) is 0 Å². The fourth-order valence-electron chi connectivity index (χ4n) is 6.53. The van der Waals surface area contributed by atoms with Crippen molar-refractivity contribution in [1.29, 1.82) is 0 Å². The molecule has 0 aliphatic carbocycles. The van der Waals surface area contributed by atoms with Crippen LogP contribution >= 0.6 is 0 Å². The number of ether oxygens (including phenoxy) is 3. The Labute approximate surface area is 341 Å². The van der Waals surface area contributed by atoms with Crippen LogP contribution in [0.4, 0.5) is 0 Å². The van der Waals surface area contributed by atoms with E-state index < -0.39 is 0 Å². The molecule has 0 fully saturated rings. The molecule has 1 unspecified atom stereocenters. The van der Waals surface area contributed by atoms with Crippen LogP contribution in [0.15, 0.2) is 152 Å². The maximum absolute atomic E-state index is 5.92. The average Bonchev–Trinajstić information content (AvgIpc) is 4.04. The molecule has 0 amide bonds. The molecule has 12 nitrogen and oxygen atoms in total. The van der Waals surface area contributed by atoms with Crippen molar-refractivity contribution in [2.24, 2.45) is 5.92 Å². The Morgan fingerprint density at radius 2 is 1.20 bits per heavy atom. The Morgan fingerprint density at radius 1 is 0.593 bits per heavy atom. The number of para-hydroxylation sites is 2. The van der Waals surface area contributed by atoms with Crippen molar-refractivity contribution in [1.82, 2.24) is 45.8 Å². The topological polar surface area (TPSA) is 150 Å². The van der Waals surface area contributed by atoms with Crippen LogP contribution in [0, 0.1) is 5.92 Å². The monoisotopic (exact) mass is 781 g/mol. The number of tetrazole rings is 1. The van der Waals surface area contributed by atoms with E-state index in [0.717, 1.165) is 92.5 Å². The number of pyridine rings is 2. The third-order valence-electron chi connectivity index (χ3n) is 9.69. The fourth-order valence-corrected chi connectivity index (χ4v) is 6.53. The highest BCUT2D eigenvalue weighted by molar-refractivity contribution is 5.79. The van der Waals surface area contributed by atoms with Crippen molar-refractivity contribution in [3.63, 3.8) is 0 Å². The summed E-state index contributed by atoms with van der Waals surface area (Å²) in [5, 5.41) is 23.1. The zero-order valence-corrected chi connectivity index (χ0v) is 32.6. The maximum Gasteiger partial charge on any atom is 0.174 e. The molecule has 0 bridgehead atoms. The molecule has 2 N–H and O–H groups in total. The zero-order valence-electron chi connectivity index (χ0n) is 32.6. The quantitative estimate of drug-likeness (QED) is 0.103. The summed E-state index contributed by atoms with van der Waals surface area (Å²) < 4.78 is 17.7. The van der Waals surface area contributed by atoms with E-state index in [1.165, 1.54) is 11.9 Å². The first-order valence-electron chi connectivity index (χ1n) is 19.5. The van der Waals surface area contributed by atoms with Gasteiger partial charge in [0.1, 0.15) is 43.4 Å². The number of H-pyrrole nitrogens is 2. The number of benzene rings is 5. The third kappa shape index (κ3) is 10.9. The third-order valence-corrected chi connectivity index (χ3v) is 9.69. The van der Waals surface area contributed by atoms with Crippen LogP contribution in [-0.2, 0) is 32.7 Å². The largest absolute Gasteiger partial charge is 0.489 e. The molecule has 0 spiro atoms. The molecule has 0 saturated heterocycles. The second kappa shape index (κ2) is 19.1. The highest BCUT2D eigenvalue weighted by Gasteiger charge is 2.08. The first-order valence-corrected chi connectivity index (χ1v) is 19.5. The molecule has 9 rings (SSSR count). The predicted octanol–water partition coefficient (Wildman–Crippen LogP) is 9.32. The molecular formula is C47H43N9O3. The Bertz CT molecular complexity index is 2670. The summed E-state index contributed by atoms with van der Waals surface area (Å²) >= 11 is 0. The van der Waals surface area contributed by atoms with Crippen LogP contribution in [0.1, 0.15) is 41.7 Å². The zero-order chi connectivity index (χ0) is 40.1. The van der Waals surface area contributed by atoms with E-state index in [1.54, 1.807) is 0 Å². The minimum atomic E-state index is 0.416. The predicted molar refractivity (Wildman–Crippen MR) is 227 cm³/mol. The normalized spacial score (nSPS) is 11.5. The lowest BCUT2D eigenvalue weighted by Crippen LogP contribution is -2.03. The van der Waals surface area contributed by atoms with Gasteiger partial charge in [0, 0.05) is 22.8 Å². The lowest BCUT2D eigenvalue weighted by Gasteiger charge is -2.11. The van der Waals surface area contributed by atoms with E-state index in [9.17, 15) is 0 Å². The molecule has 294 valence electrons. The van der Waals surface area contributed by atoms with Crippen molar-refractivity contribution in [2.45, 2.75) is 46.0 Å². The van der Waals surface area contributed by atoms with E-state index in [4.69, 9.17) is 14.2 Å². The summed E-state index contributed by atoms with van der Waals surface area (Å²) in [7, 11) is 0. The van der Waals surface area contributed by atoms with Gasteiger partial charge in [-0.15, -0.1) is 10.2 Å². The van der Waals surface area contributed by atoms with Crippen molar-refractivity contribution in [2.75, 3.05) is 0 Å². The van der Waals surface area contributed by atoms with Gasteiger partial charge in [0.15, 0.2) is 11.6 Å². The molecular weight excluding hydrogens is 739 g/mol. The van der Waals surface area contributed by atoms with Gasteiger partial charge >= 0.3 is 0 Å². The highest BCUT2D eigenvalue weighted by atomic mass is 16.5. The molecule has 1 atom stereocenters. The van der Waals surface area contributed by atoms with Gasteiger partial charge in [-0.25, -0.2) is 15.0 Å². The Kier molecular flexibility index (Phi) is 12.4. The van der Waals surface area contributed by atoms with E-state index in [0.29, 0.717) is 25.7 Å². The van der Waals surface area contributed by atoms with Crippen LogP contribution in [-0.4, -0.2) is 45.8 Å². The van der Waals surface area contributed by atoms with Crippen LogP contribution in [0.2, 0.25) is 0 Å².